The maximum Gasteiger partial charge on any atom is 0.348 e. The number of fused-ring (bicyclic) bond motifs is 1. The molecule has 0 saturated carbocycles. The van der Waals surface area contributed by atoms with E-state index in [1.807, 2.05) is 0 Å². The fourth-order valence-electron chi connectivity index (χ4n) is 2.22. The maximum atomic E-state index is 12.6. The van der Waals surface area contributed by atoms with Crippen molar-refractivity contribution in [2.75, 3.05) is 6.61 Å². The molecule has 8 heteroatoms. The van der Waals surface area contributed by atoms with Crippen LogP contribution >= 0.6 is 11.3 Å². The third-order valence-corrected chi connectivity index (χ3v) is 4.37. The number of hydrogen-bond donors (Lipinski definition) is 1. The molecule has 0 spiro atoms. The Morgan fingerprint density at radius 1 is 1.36 bits per heavy atom. The van der Waals surface area contributed by atoms with Crippen LogP contribution in [0.15, 0.2) is 4.79 Å². The van der Waals surface area contributed by atoms with Gasteiger partial charge in [0, 0.05) is 6.42 Å². The van der Waals surface area contributed by atoms with Gasteiger partial charge in [0.05, 0.1) is 12.0 Å². The lowest BCUT2D eigenvalue weighted by Gasteiger charge is -2.08. The number of ether oxygens (including phenoxy) is 1. The molecule has 2 heterocycles. The van der Waals surface area contributed by atoms with Crippen molar-refractivity contribution < 1.29 is 19.4 Å². The van der Waals surface area contributed by atoms with E-state index in [9.17, 15) is 14.4 Å². The van der Waals surface area contributed by atoms with E-state index in [1.165, 1.54) is 0 Å². The number of hydrogen-bond acceptors (Lipinski definition) is 6. The number of aliphatic carboxylic acids is 1. The van der Waals surface area contributed by atoms with Crippen molar-refractivity contribution in [2.45, 2.75) is 33.7 Å². The molecule has 0 radical (unpaired) electrons. The number of carboxylic acid groups (broad SMARTS) is 1. The third-order valence-electron chi connectivity index (χ3n) is 3.20. The van der Waals surface area contributed by atoms with Crippen LogP contribution in [0.2, 0.25) is 0 Å². The molecule has 2 rings (SSSR count). The van der Waals surface area contributed by atoms with Gasteiger partial charge < -0.3 is 9.84 Å². The van der Waals surface area contributed by atoms with E-state index in [4.69, 9.17) is 9.84 Å². The number of aromatic nitrogens is 2. The van der Waals surface area contributed by atoms with Crippen molar-refractivity contribution in [1.82, 2.24) is 9.55 Å². The first-order valence-electron chi connectivity index (χ1n) is 6.82. The number of carbonyl (C=O) groups is 2. The molecule has 2 aromatic heterocycles. The summed E-state index contributed by atoms with van der Waals surface area (Å²) in [4.78, 5) is 40.5. The second-order valence-corrected chi connectivity index (χ2v) is 5.62. The zero-order valence-corrected chi connectivity index (χ0v) is 13.3. The summed E-state index contributed by atoms with van der Waals surface area (Å²) in [5, 5.41) is 9.24. The molecule has 2 aromatic rings. The maximum absolute atomic E-state index is 12.6. The smallest absolute Gasteiger partial charge is 0.348 e. The van der Waals surface area contributed by atoms with Gasteiger partial charge in [-0.3, -0.25) is 14.2 Å². The Balaban J connectivity index is 2.73. The molecule has 0 aliphatic carbocycles. The van der Waals surface area contributed by atoms with Crippen molar-refractivity contribution >= 4 is 33.5 Å². The van der Waals surface area contributed by atoms with Gasteiger partial charge in [-0.15, -0.1) is 11.3 Å². The SMILES string of the molecule is CCOC(=O)c1sc2nc(CC)n(CC(=O)O)c(=O)c2c1C. The van der Waals surface area contributed by atoms with Crippen molar-refractivity contribution in [1.29, 1.82) is 0 Å². The highest BCUT2D eigenvalue weighted by atomic mass is 32.1. The molecule has 0 aliphatic rings. The Kier molecular flexibility index (Phi) is 4.60. The minimum absolute atomic E-state index is 0.239. The first-order valence-corrected chi connectivity index (χ1v) is 7.64. The van der Waals surface area contributed by atoms with E-state index in [1.54, 1.807) is 20.8 Å². The van der Waals surface area contributed by atoms with Crippen LogP contribution in [0, 0.1) is 6.92 Å². The van der Waals surface area contributed by atoms with E-state index in [2.05, 4.69) is 4.98 Å². The molecular formula is C14H16N2O5S. The Bertz CT molecular complexity index is 806. The molecule has 7 nitrogen and oxygen atoms in total. The van der Waals surface area contributed by atoms with Crippen LogP contribution in [0.3, 0.4) is 0 Å². The molecule has 0 atom stereocenters. The second-order valence-electron chi connectivity index (χ2n) is 4.62. The molecule has 118 valence electrons. The Labute approximate surface area is 130 Å². The van der Waals surface area contributed by atoms with Gasteiger partial charge in [0.1, 0.15) is 22.1 Å². The lowest BCUT2D eigenvalue weighted by molar-refractivity contribution is -0.137. The highest BCUT2D eigenvalue weighted by molar-refractivity contribution is 7.20. The van der Waals surface area contributed by atoms with Gasteiger partial charge in [0.15, 0.2) is 0 Å². The van der Waals surface area contributed by atoms with Gasteiger partial charge in [-0.25, -0.2) is 9.78 Å². The standard InChI is InChI=1S/C14H16N2O5S/c1-4-8-15-12-10(13(19)16(8)6-9(17)18)7(3)11(22-12)14(20)21-5-2/h4-6H2,1-3H3,(H,17,18). The summed E-state index contributed by atoms with van der Waals surface area (Å²) in [6.07, 6.45) is 0.421. The number of esters is 1. The molecule has 0 aromatic carbocycles. The predicted octanol–water partition coefficient (Wildman–Crippen LogP) is 1.59. The van der Waals surface area contributed by atoms with E-state index in [-0.39, 0.29) is 12.0 Å². The third kappa shape index (κ3) is 2.74. The molecule has 0 amide bonds. The number of thiophene rings is 1. The van der Waals surface area contributed by atoms with Crippen molar-refractivity contribution in [3.8, 4) is 0 Å². The summed E-state index contributed by atoms with van der Waals surface area (Å²) in [5.74, 6) is -1.22. The van der Waals surface area contributed by atoms with Crippen molar-refractivity contribution in [3.63, 3.8) is 0 Å². The second kappa shape index (κ2) is 6.27. The Morgan fingerprint density at radius 3 is 2.59 bits per heavy atom. The largest absolute Gasteiger partial charge is 0.480 e. The molecule has 0 fully saturated rings. The van der Waals surface area contributed by atoms with Crippen LogP contribution in [-0.4, -0.2) is 33.2 Å². The topological polar surface area (TPSA) is 98.5 Å². The monoisotopic (exact) mass is 324 g/mol. The molecule has 22 heavy (non-hydrogen) atoms. The normalized spacial score (nSPS) is 10.9. The minimum atomic E-state index is -1.11. The summed E-state index contributed by atoms with van der Waals surface area (Å²) >= 11 is 1.10. The number of rotatable bonds is 5. The van der Waals surface area contributed by atoms with Crippen LogP contribution in [0.5, 0.6) is 0 Å². The van der Waals surface area contributed by atoms with Gasteiger partial charge >= 0.3 is 11.9 Å². The van der Waals surface area contributed by atoms with Crippen LogP contribution in [0.4, 0.5) is 0 Å². The van der Waals surface area contributed by atoms with E-state index in [0.717, 1.165) is 15.9 Å². The van der Waals surface area contributed by atoms with Crippen molar-refractivity contribution in [2.24, 2.45) is 0 Å². The lowest BCUT2D eigenvalue weighted by Crippen LogP contribution is -2.28. The summed E-state index contributed by atoms with van der Waals surface area (Å²) in [5.41, 5.74) is 0.0475. The van der Waals surface area contributed by atoms with Crippen LogP contribution in [0.25, 0.3) is 10.2 Å². The Morgan fingerprint density at radius 2 is 2.05 bits per heavy atom. The number of carboxylic acids is 1. The average molecular weight is 324 g/mol. The van der Waals surface area contributed by atoms with E-state index in [0.29, 0.717) is 27.5 Å². The fourth-order valence-corrected chi connectivity index (χ4v) is 3.30. The average Bonchev–Trinajstić information content (AvgIpc) is 2.79. The summed E-state index contributed by atoms with van der Waals surface area (Å²) in [7, 11) is 0. The molecular weight excluding hydrogens is 308 g/mol. The van der Waals surface area contributed by atoms with Crippen LogP contribution in [0.1, 0.15) is 34.9 Å². The van der Waals surface area contributed by atoms with Crippen LogP contribution < -0.4 is 5.56 Å². The van der Waals surface area contributed by atoms with Gasteiger partial charge in [0.25, 0.3) is 5.56 Å². The van der Waals surface area contributed by atoms with E-state index < -0.39 is 24.0 Å². The first-order chi connectivity index (χ1) is 10.4. The summed E-state index contributed by atoms with van der Waals surface area (Å²) < 4.78 is 6.11. The number of nitrogens with zero attached hydrogens (tertiary/aromatic N) is 2. The molecule has 0 aliphatic heterocycles. The molecule has 0 bridgehead atoms. The van der Waals surface area contributed by atoms with Gasteiger partial charge in [0.2, 0.25) is 0 Å². The Hall–Kier alpha value is -2.22. The lowest BCUT2D eigenvalue weighted by atomic mass is 10.2. The number of carbonyl (C=O) groups excluding carboxylic acids is 1. The van der Waals surface area contributed by atoms with Crippen molar-refractivity contribution in [3.05, 3.63) is 26.6 Å². The van der Waals surface area contributed by atoms with Gasteiger partial charge in [-0.2, -0.15) is 0 Å². The fraction of sp³-hybridized carbons (Fsp3) is 0.429. The number of aryl methyl sites for hydroxylation is 2. The molecule has 0 unspecified atom stereocenters. The predicted molar refractivity (Wildman–Crippen MR) is 81.6 cm³/mol. The minimum Gasteiger partial charge on any atom is -0.480 e. The van der Waals surface area contributed by atoms with E-state index >= 15 is 0 Å². The van der Waals surface area contributed by atoms with Gasteiger partial charge in [-0.1, -0.05) is 6.92 Å². The quantitative estimate of drug-likeness (QED) is 0.839. The zero-order valence-electron chi connectivity index (χ0n) is 12.5. The van der Waals surface area contributed by atoms with Crippen LogP contribution in [-0.2, 0) is 22.5 Å². The molecule has 1 N–H and O–H groups in total. The summed E-state index contributed by atoms with van der Waals surface area (Å²) in [6, 6.07) is 0. The zero-order chi connectivity index (χ0) is 16.4. The highest BCUT2D eigenvalue weighted by Gasteiger charge is 2.22. The highest BCUT2D eigenvalue weighted by Crippen LogP contribution is 2.28. The first kappa shape index (κ1) is 16.2. The molecule has 0 saturated heterocycles. The summed E-state index contributed by atoms with van der Waals surface area (Å²) in [6.45, 7) is 4.93. The van der Waals surface area contributed by atoms with Gasteiger partial charge in [-0.05, 0) is 19.4 Å².